The fourth-order valence-electron chi connectivity index (χ4n) is 4.30. The van der Waals surface area contributed by atoms with Crippen molar-refractivity contribution in [1.82, 2.24) is 19.9 Å². The molecule has 1 aliphatic rings. The van der Waals surface area contributed by atoms with Gasteiger partial charge in [-0.1, -0.05) is 37.5 Å². The van der Waals surface area contributed by atoms with E-state index in [1.54, 1.807) is 12.4 Å². The van der Waals surface area contributed by atoms with Gasteiger partial charge in [-0.3, -0.25) is 4.79 Å². The Morgan fingerprint density at radius 1 is 1.17 bits per heavy atom. The van der Waals surface area contributed by atoms with E-state index >= 15 is 0 Å². The Balaban J connectivity index is 1.84. The maximum absolute atomic E-state index is 13.7. The number of hydrogen-bond acceptors (Lipinski definition) is 5. The molecule has 0 aliphatic heterocycles. The van der Waals surface area contributed by atoms with Crippen molar-refractivity contribution in [3.63, 3.8) is 0 Å². The van der Waals surface area contributed by atoms with Crippen molar-refractivity contribution in [1.29, 1.82) is 0 Å². The Labute approximate surface area is 171 Å². The number of nitrogens with two attached hydrogens (primary N) is 1. The summed E-state index contributed by atoms with van der Waals surface area (Å²) in [5.74, 6) is 0.298. The van der Waals surface area contributed by atoms with Crippen LogP contribution in [0.1, 0.15) is 54.9 Å². The lowest BCUT2D eigenvalue weighted by Crippen LogP contribution is -2.41. The number of carbonyl (C=O) groups is 1. The molecule has 29 heavy (non-hydrogen) atoms. The van der Waals surface area contributed by atoms with Gasteiger partial charge in [0.2, 0.25) is 5.95 Å². The van der Waals surface area contributed by atoms with Crippen LogP contribution in [-0.2, 0) is 0 Å². The Kier molecular flexibility index (Phi) is 5.43. The van der Waals surface area contributed by atoms with Crippen molar-refractivity contribution in [2.24, 2.45) is 0 Å². The van der Waals surface area contributed by atoms with Crippen LogP contribution < -0.4 is 5.73 Å². The van der Waals surface area contributed by atoms with E-state index in [0.717, 1.165) is 34.9 Å². The number of benzene rings is 1. The van der Waals surface area contributed by atoms with Gasteiger partial charge in [0.05, 0.1) is 16.8 Å². The summed E-state index contributed by atoms with van der Waals surface area (Å²) in [5.41, 5.74) is 9.64. The van der Waals surface area contributed by atoms with Crippen molar-refractivity contribution in [2.45, 2.75) is 52.0 Å². The number of para-hydroxylation sites is 1. The number of nitrogen functional groups attached to an aromatic ring is 1. The van der Waals surface area contributed by atoms with Crippen molar-refractivity contribution in [3.05, 3.63) is 47.8 Å². The third-order valence-corrected chi connectivity index (χ3v) is 5.86. The Morgan fingerprint density at radius 3 is 2.59 bits per heavy atom. The highest BCUT2D eigenvalue weighted by Gasteiger charge is 2.27. The Morgan fingerprint density at radius 2 is 1.90 bits per heavy atom. The highest BCUT2D eigenvalue weighted by molar-refractivity contribution is 6.07. The first-order valence-electron chi connectivity index (χ1n) is 10.4. The molecule has 6 nitrogen and oxygen atoms in total. The molecule has 1 fully saturated rings. The molecule has 2 heterocycles. The average molecular weight is 390 g/mol. The molecule has 150 valence electrons. The van der Waals surface area contributed by atoms with Crippen LogP contribution in [0.4, 0.5) is 5.95 Å². The molecule has 6 heteroatoms. The Bertz CT molecular complexity index is 1030. The summed E-state index contributed by atoms with van der Waals surface area (Å²) >= 11 is 0. The van der Waals surface area contributed by atoms with Crippen molar-refractivity contribution >= 4 is 22.8 Å². The van der Waals surface area contributed by atoms with Gasteiger partial charge in [-0.25, -0.2) is 15.0 Å². The fourth-order valence-corrected chi connectivity index (χ4v) is 4.30. The third kappa shape index (κ3) is 3.79. The molecule has 1 aromatic carbocycles. The van der Waals surface area contributed by atoms with Gasteiger partial charge in [-0.15, -0.1) is 0 Å². The molecular formula is C23H27N5O. The van der Waals surface area contributed by atoms with Crippen LogP contribution >= 0.6 is 0 Å². The summed E-state index contributed by atoms with van der Waals surface area (Å²) in [6, 6.07) is 8.19. The van der Waals surface area contributed by atoms with E-state index in [1.165, 1.54) is 19.3 Å². The number of hydrogen-bond donors (Lipinski definition) is 1. The quantitative estimate of drug-likeness (QED) is 0.716. The molecule has 0 bridgehead atoms. The monoisotopic (exact) mass is 389 g/mol. The van der Waals surface area contributed by atoms with Gasteiger partial charge in [-0.05, 0) is 38.3 Å². The van der Waals surface area contributed by atoms with E-state index in [0.29, 0.717) is 23.8 Å². The lowest BCUT2D eigenvalue weighted by molar-refractivity contribution is 0.0650. The first kappa shape index (κ1) is 19.3. The van der Waals surface area contributed by atoms with Gasteiger partial charge < -0.3 is 10.6 Å². The minimum atomic E-state index is 0.0787. The van der Waals surface area contributed by atoms with Gasteiger partial charge in [0.15, 0.2) is 0 Å². The summed E-state index contributed by atoms with van der Waals surface area (Å²) in [6.07, 6.45) is 9.13. The van der Waals surface area contributed by atoms with E-state index < -0.39 is 0 Å². The van der Waals surface area contributed by atoms with Crippen LogP contribution in [0.3, 0.4) is 0 Å². The standard InChI is InChI=1S/C23H27N5O/c1-3-28(17-9-5-4-6-10-17)22(29)19-12-20(16-13-25-23(24)26-14-16)27-21-15(2)8-7-11-18(19)21/h7-8,11-14,17H,3-6,9-10H2,1-2H3,(H2,24,25,26). The van der Waals surface area contributed by atoms with Gasteiger partial charge in [0.1, 0.15) is 0 Å². The third-order valence-electron chi connectivity index (χ3n) is 5.86. The molecule has 0 unspecified atom stereocenters. The highest BCUT2D eigenvalue weighted by Crippen LogP contribution is 2.29. The lowest BCUT2D eigenvalue weighted by atomic mass is 9.93. The largest absolute Gasteiger partial charge is 0.368 e. The van der Waals surface area contributed by atoms with Gasteiger partial charge >= 0.3 is 0 Å². The summed E-state index contributed by atoms with van der Waals surface area (Å²) in [5, 5.41) is 0.893. The lowest BCUT2D eigenvalue weighted by Gasteiger charge is -2.34. The number of anilines is 1. The predicted molar refractivity (Wildman–Crippen MR) is 116 cm³/mol. The Hall–Kier alpha value is -3.02. The zero-order valence-electron chi connectivity index (χ0n) is 17.1. The number of rotatable bonds is 4. The number of aryl methyl sites for hydroxylation is 1. The summed E-state index contributed by atoms with van der Waals surface area (Å²) in [6.45, 7) is 4.79. The molecule has 3 aromatic rings. The second-order valence-electron chi connectivity index (χ2n) is 7.74. The number of pyridine rings is 1. The van der Waals surface area contributed by atoms with E-state index in [9.17, 15) is 4.79 Å². The van der Waals surface area contributed by atoms with Gasteiger partial charge in [0, 0.05) is 35.9 Å². The molecule has 0 saturated heterocycles. The normalized spacial score (nSPS) is 14.8. The molecule has 0 radical (unpaired) electrons. The van der Waals surface area contributed by atoms with Crippen LogP contribution in [0.25, 0.3) is 22.2 Å². The van der Waals surface area contributed by atoms with E-state index in [2.05, 4.69) is 16.9 Å². The van der Waals surface area contributed by atoms with Crippen LogP contribution in [0, 0.1) is 6.92 Å². The van der Waals surface area contributed by atoms with Gasteiger partial charge in [0.25, 0.3) is 5.91 Å². The molecule has 0 atom stereocenters. The summed E-state index contributed by atoms with van der Waals surface area (Å²) < 4.78 is 0. The molecular weight excluding hydrogens is 362 g/mol. The zero-order valence-corrected chi connectivity index (χ0v) is 17.1. The molecule has 2 N–H and O–H groups in total. The molecule has 1 aliphatic carbocycles. The predicted octanol–water partition coefficient (Wildman–Crippen LogP) is 4.38. The number of carbonyl (C=O) groups excluding carboxylic acids is 1. The summed E-state index contributed by atoms with van der Waals surface area (Å²) in [7, 11) is 0. The fraction of sp³-hybridized carbons (Fsp3) is 0.391. The molecule has 2 aromatic heterocycles. The van der Waals surface area contributed by atoms with Crippen LogP contribution in [0.5, 0.6) is 0 Å². The number of fused-ring (bicyclic) bond motifs is 1. The maximum Gasteiger partial charge on any atom is 0.254 e. The number of nitrogens with zero attached hydrogens (tertiary/aromatic N) is 4. The molecule has 1 amide bonds. The smallest absolute Gasteiger partial charge is 0.254 e. The van der Waals surface area contributed by atoms with E-state index in [-0.39, 0.29) is 11.9 Å². The second-order valence-corrected chi connectivity index (χ2v) is 7.74. The SMILES string of the molecule is CCN(C(=O)c1cc(-c2cnc(N)nc2)nc2c(C)cccc12)C1CCCCC1. The summed E-state index contributed by atoms with van der Waals surface area (Å²) in [4.78, 5) is 28.7. The second kappa shape index (κ2) is 8.15. The first-order valence-corrected chi connectivity index (χ1v) is 10.4. The maximum atomic E-state index is 13.7. The topological polar surface area (TPSA) is 85.0 Å². The zero-order chi connectivity index (χ0) is 20.4. The highest BCUT2D eigenvalue weighted by atomic mass is 16.2. The minimum Gasteiger partial charge on any atom is -0.368 e. The van der Waals surface area contributed by atoms with Crippen LogP contribution in [-0.4, -0.2) is 38.3 Å². The van der Waals surface area contributed by atoms with Gasteiger partial charge in [-0.2, -0.15) is 0 Å². The number of aromatic nitrogens is 3. The van der Waals surface area contributed by atoms with E-state index in [4.69, 9.17) is 10.7 Å². The minimum absolute atomic E-state index is 0.0787. The van der Waals surface area contributed by atoms with Crippen molar-refractivity contribution < 1.29 is 4.79 Å². The van der Waals surface area contributed by atoms with E-state index in [1.807, 2.05) is 36.1 Å². The molecule has 1 saturated carbocycles. The van der Waals surface area contributed by atoms with Crippen LogP contribution in [0.2, 0.25) is 0 Å². The van der Waals surface area contributed by atoms with Crippen molar-refractivity contribution in [2.75, 3.05) is 12.3 Å². The van der Waals surface area contributed by atoms with Crippen molar-refractivity contribution in [3.8, 4) is 11.3 Å². The van der Waals surface area contributed by atoms with Crippen LogP contribution in [0.15, 0.2) is 36.7 Å². The molecule has 0 spiro atoms. The molecule has 4 rings (SSSR count). The average Bonchev–Trinajstić information content (AvgIpc) is 2.75. The number of amides is 1. The first-order chi connectivity index (χ1) is 14.1.